The number of anilines is 1. The van der Waals surface area contributed by atoms with Crippen LogP contribution in [-0.4, -0.2) is 38.8 Å². The quantitative estimate of drug-likeness (QED) is 0.505. The highest BCUT2D eigenvalue weighted by Crippen LogP contribution is 2.37. The van der Waals surface area contributed by atoms with Crippen LogP contribution < -0.4 is 20.9 Å². The van der Waals surface area contributed by atoms with Crippen LogP contribution in [0.2, 0.25) is 0 Å². The van der Waals surface area contributed by atoms with Crippen LogP contribution in [0.4, 0.5) is 5.69 Å². The average Bonchev–Trinajstić information content (AvgIpc) is 3.09. The van der Waals surface area contributed by atoms with Gasteiger partial charge in [0.05, 0.1) is 11.4 Å². The van der Waals surface area contributed by atoms with E-state index in [1.165, 1.54) is 6.92 Å². The zero-order chi connectivity index (χ0) is 15.6. The van der Waals surface area contributed by atoms with Crippen molar-refractivity contribution in [2.45, 2.75) is 19.9 Å². The number of aromatic hydroxyl groups is 2. The highest BCUT2D eigenvalue weighted by atomic mass is 16.3. The minimum Gasteiger partial charge on any atom is -0.505 e. The maximum Gasteiger partial charge on any atom is 0.221 e. The van der Waals surface area contributed by atoms with Crippen molar-refractivity contribution >= 4 is 34.9 Å². The van der Waals surface area contributed by atoms with Gasteiger partial charge >= 0.3 is 0 Å². The molecule has 1 fully saturated rings. The molecule has 1 aromatic heterocycles. The first-order valence-electron chi connectivity index (χ1n) is 7.18. The molecule has 1 saturated heterocycles. The molecule has 1 aromatic carbocycles. The number of amides is 1. The number of phenols is 2. The van der Waals surface area contributed by atoms with Gasteiger partial charge in [0.25, 0.3) is 0 Å². The zero-order valence-corrected chi connectivity index (χ0v) is 12.2. The summed E-state index contributed by atoms with van der Waals surface area (Å²) in [6, 6.07) is 0. The fourth-order valence-electron chi connectivity index (χ4n) is 3.10. The highest BCUT2D eigenvalue weighted by Gasteiger charge is 2.29. The Labute approximate surface area is 125 Å². The topological polar surface area (TPSA) is 90.4 Å². The summed E-state index contributed by atoms with van der Waals surface area (Å²) in [5.41, 5.74) is 2.66. The van der Waals surface area contributed by atoms with Crippen LogP contribution >= 0.6 is 0 Å². The lowest BCUT2D eigenvalue weighted by Gasteiger charge is -2.10. The van der Waals surface area contributed by atoms with Crippen molar-refractivity contribution in [2.75, 3.05) is 18.0 Å². The van der Waals surface area contributed by atoms with Gasteiger partial charge < -0.3 is 25.0 Å². The van der Waals surface area contributed by atoms with E-state index in [-0.39, 0.29) is 17.4 Å². The molecule has 3 heterocycles. The lowest BCUT2D eigenvalue weighted by Crippen LogP contribution is -2.24. The molecule has 0 radical (unpaired) electrons. The molecule has 0 unspecified atom stereocenters. The molecule has 1 amide bonds. The largest absolute Gasteiger partial charge is 0.505 e. The number of hydrogen-bond donors (Lipinski definition) is 3. The van der Waals surface area contributed by atoms with Crippen LogP contribution in [0.5, 0.6) is 11.5 Å². The molecule has 0 spiro atoms. The number of aryl methyl sites for hydroxylation is 1. The van der Waals surface area contributed by atoms with Crippen LogP contribution in [-0.2, 0) is 11.3 Å². The van der Waals surface area contributed by atoms with Crippen LogP contribution in [0.3, 0.4) is 0 Å². The normalized spacial score (nSPS) is 16.2. The Morgan fingerprint density at radius 2 is 2.00 bits per heavy atom. The third kappa shape index (κ3) is 1.62. The van der Waals surface area contributed by atoms with Crippen molar-refractivity contribution < 1.29 is 15.0 Å². The predicted octanol–water partition coefficient (Wildman–Crippen LogP) is -0.674. The Bertz CT molecular complexity index is 940. The van der Waals surface area contributed by atoms with E-state index in [1.54, 1.807) is 0 Å². The molecule has 0 bridgehead atoms. The second-order valence-electron chi connectivity index (χ2n) is 5.71. The molecular weight excluding hydrogens is 284 g/mol. The van der Waals surface area contributed by atoms with Gasteiger partial charge in [0.2, 0.25) is 5.91 Å². The molecule has 2 aliphatic rings. The van der Waals surface area contributed by atoms with Crippen molar-refractivity contribution in [1.82, 2.24) is 14.9 Å². The Morgan fingerprint density at radius 1 is 1.27 bits per heavy atom. The van der Waals surface area contributed by atoms with Crippen LogP contribution in [0.25, 0.3) is 23.3 Å². The molecule has 2 aromatic rings. The van der Waals surface area contributed by atoms with Gasteiger partial charge in [-0.15, -0.1) is 0 Å². The van der Waals surface area contributed by atoms with E-state index in [4.69, 9.17) is 0 Å². The van der Waals surface area contributed by atoms with E-state index >= 15 is 0 Å². The van der Waals surface area contributed by atoms with Crippen molar-refractivity contribution in [3.63, 3.8) is 0 Å². The van der Waals surface area contributed by atoms with Gasteiger partial charge in [0, 0.05) is 38.2 Å². The molecule has 114 valence electrons. The standard InChI is InChI=1S/C15H16N4O3/c1-7-11(18-5-6-18)14(22)10-12(13(7)21)19-4-3-9(15(19)17-10)16-8(2)20/h21-22H,1,3-6H2,2H3,(H,16,20). The summed E-state index contributed by atoms with van der Waals surface area (Å²) >= 11 is 0. The minimum atomic E-state index is -0.161. The second kappa shape index (κ2) is 4.16. The van der Waals surface area contributed by atoms with Gasteiger partial charge in [0.15, 0.2) is 17.0 Å². The van der Waals surface area contributed by atoms with Crippen molar-refractivity contribution in [3.8, 4) is 11.5 Å². The molecule has 7 heteroatoms. The van der Waals surface area contributed by atoms with Gasteiger partial charge in [-0.05, 0) is 0 Å². The Morgan fingerprint density at radius 3 is 2.64 bits per heavy atom. The lowest BCUT2D eigenvalue weighted by atomic mass is 10.2. The summed E-state index contributed by atoms with van der Waals surface area (Å²) in [4.78, 5) is 17.7. The van der Waals surface area contributed by atoms with E-state index in [9.17, 15) is 15.0 Å². The molecule has 2 aliphatic heterocycles. The molecule has 0 saturated carbocycles. The SMILES string of the molecule is C=c1c(N2CC2)c(O)c2nc3n(c2c1O)CCC=3NC(C)=O. The molecule has 7 nitrogen and oxygen atoms in total. The van der Waals surface area contributed by atoms with Crippen LogP contribution in [0, 0.1) is 0 Å². The maximum absolute atomic E-state index is 11.3. The third-order valence-electron chi connectivity index (χ3n) is 4.16. The van der Waals surface area contributed by atoms with Crippen LogP contribution in [0.1, 0.15) is 13.3 Å². The first-order chi connectivity index (χ1) is 10.5. The Hall–Kier alpha value is -2.70. The summed E-state index contributed by atoms with van der Waals surface area (Å²) in [7, 11) is 0. The van der Waals surface area contributed by atoms with E-state index in [1.807, 2.05) is 9.47 Å². The number of phenolic OH excluding ortho intramolecular Hbond substituents is 2. The number of benzene rings is 1. The third-order valence-corrected chi connectivity index (χ3v) is 4.16. The van der Waals surface area contributed by atoms with Gasteiger partial charge in [-0.3, -0.25) is 4.79 Å². The smallest absolute Gasteiger partial charge is 0.221 e. The van der Waals surface area contributed by atoms with E-state index in [2.05, 4.69) is 16.9 Å². The molecule has 3 N–H and O–H groups in total. The zero-order valence-electron chi connectivity index (χ0n) is 12.2. The van der Waals surface area contributed by atoms with Crippen molar-refractivity contribution in [1.29, 1.82) is 0 Å². The molecule has 4 rings (SSSR count). The van der Waals surface area contributed by atoms with E-state index < -0.39 is 0 Å². The van der Waals surface area contributed by atoms with Gasteiger partial charge in [-0.2, -0.15) is 0 Å². The number of imidazole rings is 1. The highest BCUT2D eigenvalue weighted by molar-refractivity contribution is 5.94. The van der Waals surface area contributed by atoms with Gasteiger partial charge in [-0.1, -0.05) is 6.58 Å². The summed E-state index contributed by atoms with van der Waals surface area (Å²) < 4.78 is 1.82. The number of carbonyl (C=O) groups is 1. The van der Waals surface area contributed by atoms with Crippen LogP contribution in [0.15, 0.2) is 0 Å². The number of nitrogens with zero attached hydrogens (tertiary/aromatic N) is 3. The number of nitrogens with one attached hydrogen (secondary N) is 1. The number of aromatic nitrogens is 2. The van der Waals surface area contributed by atoms with Gasteiger partial charge in [-0.25, -0.2) is 4.98 Å². The van der Waals surface area contributed by atoms with Crippen molar-refractivity contribution in [2.24, 2.45) is 0 Å². The molecular formula is C15H16N4O3. The van der Waals surface area contributed by atoms with E-state index in [0.717, 1.165) is 13.1 Å². The first-order valence-corrected chi connectivity index (χ1v) is 7.18. The lowest BCUT2D eigenvalue weighted by molar-refractivity contribution is -0.117. The number of carbonyl (C=O) groups excluding carboxylic acids is 1. The second-order valence-corrected chi connectivity index (χ2v) is 5.71. The van der Waals surface area contributed by atoms with E-state index in [0.29, 0.717) is 46.1 Å². The fourth-order valence-corrected chi connectivity index (χ4v) is 3.10. The summed E-state index contributed by atoms with van der Waals surface area (Å²) in [5.74, 6) is -0.0801. The summed E-state index contributed by atoms with van der Waals surface area (Å²) in [6.07, 6.45) is 0.637. The molecule has 0 aliphatic carbocycles. The van der Waals surface area contributed by atoms with Crippen molar-refractivity contribution in [3.05, 3.63) is 10.7 Å². The Kier molecular flexibility index (Phi) is 2.46. The summed E-state index contributed by atoms with van der Waals surface area (Å²) in [6.45, 7) is 7.60. The molecule has 22 heavy (non-hydrogen) atoms. The maximum atomic E-state index is 11.3. The fraction of sp³-hybridized carbons (Fsp3) is 0.333. The minimum absolute atomic E-state index is 0.0394. The number of fused-ring (bicyclic) bond motifs is 3. The number of rotatable bonds is 2. The monoisotopic (exact) mass is 300 g/mol. The number of hydrogen-bond acceptors (Lipinski definition) is 5. The summed E-state index contributed by atoms with van der Waals surface area (Å²) in [5, 5.41) is 24.2. The first kappa shape index (κ1) is 13.0. The van der Waals surface area contributed by atoms with Gasteiger partial charge in [0.1, 0.15) is 11.0 Å². The Balaban J connectivity index is 2.08. The predicted molar refractivity (Wildman–Crippen MR) is 81.9 cm³/mol. The molecule has 0 atom stereocenters. The average molecular weight is 300 g/mol.